The molecule has 1 aliphatic heterocycles. The fourth-order valence-corrected chi connectivity index (χ4v) is 6.11. The molecule has 1 atom stereocenters. The van der Waals surface area contributed by atoms with Gasteiger partial charge in [-0.2, -0.15) is 0 Å². The van der Waals surface area contributed by atoms with Gasteiger partial charge in [-0.1, -0.05) is 12.1 Å². The van der Waals surface area contributed by atoms with Gasteiger partial charge in [0.2, 0.25) is 10.0 Å². The summed E-state index contributed by atoms with van der Waals surface area (Å²) in [6.07, 6.45) is 1.04. The van der Waals surface area contributed by atoms with Gasteiger partial charge in [-0.05, 0) is 61.0 Å². The SMILES string of the molecule is CC(c1ccc(F)cc1)N1COc2ccc(-c3cc4c(cc3N(C)S(C)(=O)=O)oc3c5ccc(F)cc5[nH]c(=O)c43)nc2C1=O. The molecular formula is C32H24F2N4O6S. The molecule has 1 unspecified atom stereocenters. The summed E-state index contributed by atoms with van der Waals surface area (Å²) in [5.74, 6) is -1.12. The number of pyridine rings is 2. The van der Waals surface area contributed by atoms with Gasteiger partial charge in [-0.15, -0.1) is 0 Å². The molecule has 1 amide bonds. The smallest absolute Gasteiger partial charge is 0.279 e. The van der Waals surface area contributed by atoms with Gasteiger partial charge in [0.25, 0.3) is 11.5 Å². The Kier molecular flexibility index (Phi) is 6.41. The normalized spacial score (nSPS) is 14.2. The zero-order chi connectivity index (χ0) is 31.8. The summed E-state index contributed by atoms with van der Waals surface area (Å²) in [5.41, 5.74) is 1.58. The molecule has 13 heteroatoms. The largest absolute Gasteiger partial charge is 0.471 e. The third-order valence-corrected chi connectivity index (χ3v) is 9.31. The van der Waals surface area contributed by atoms with Crippen LogP contribution in [0.15, 0.2) is 75.9 Å². The number of nitrogens with zero attached hydrogens (tertiary/aromatic N) is 3. The Hall–Kier alpha value is -5.30. The number of nitrogens with one attached hydrogen (secondary N) is 1. The second kappa shape index (κ2) is 10.1. The van der Waals surface area contributed by atoms with Crippen molar-refractivity contribution in [1.82, 2.24) is 14.9 Å². The molecule has 1 aliphatic rings. The van der Waals surface area contributed by atoms with E-state index in [0.717, 1.165) is 10.6 Å². The maximum atomic E-state index is 13.9. The van der Waals surface area contributed by atoms with Crippen LogP contribution in [0.3, 0.4) is 0 Å². The van der Waals surface area contributed by atoms with Crippen LogP contribution < -0.4 is 14.6 Å². The monoisotopic (exact) mass is 630 g/mol. The van der Waals surface area contributed by atoms with E-state index in [4.69, 9.17) is 9.15 Å². The third-order valence-electron chi connectivity index (χ3n) is 8.12. The first-order valence-corrected chi connectivity index (χ1v) is 15.6. The van der Waals surface area contributed by atoms with Crippen LogP contribution >= 0.6 is 0 Å². The number of halogens is 2. The van der Waals surface area contributed by atoms with E-state index in [9.17, 15) is 26.8 Å². The van der Waals surface area contributed by atoms with E-state index in [0.29, 0.717) is 21.9 Å². The van der Waals surface area contributed by atoms with Crippen LogP contribution in [0.25, 0.3) is 44.1 Å². The van der Waals surface area contributed by atoms with Crippen molar-refractivity contribution in [3.05, 3.63) is 100.0 Å². The fourth-order valence-electron chi connectivity index (χ4n) is 5.60. The van der Waals surface area contributed by atoms with Gasteiger partial charge in [0.15, 0.2) is 18.2 Å². The zero-order valence-corrected chi connectivity index (χ0v) is 24.9. The molecule has 6 aromatic rings. The van der Waals surface area contributed by atoms with Crippen molar-refractivity contribution in [2.75, 3.05) is 24.3 Å². The number of carbonyl (C=O) groups is 1. The molecule has 3 aromatic carbocycles. The molecule has 10 nitrogen and oxygen atoms in total. The molecule has 0 aliphatic carbocycles. The molecular weight excluding hydrogens is 606 g/mol. The number of carbonyl (C=O) groups excluding carboxylic acids is 1. The molecule has 0 spiro atoms. The van der Waals surface area contributed by atoms with Crippen LogP contribution in [-0.4, -0.2) is 49.2 Å². The van der Waals surface area contributed by atoms with Gasteiger partial charge in [0, 0.05) is 29.4 Å². The predicted molar refractivity (Wildman–Crippen MR) is 165 cm³/mol. The molecule has 7 rings (SSSR count). The first-order valence-electron chi connectivity index (χ1n) is 13.8. The minimum Gasteiger partial charge on any atom is -0.471 e. The topological polar surface area (TPSA) is 126 Å². The Morgan fingerprint density at radius 3 is 2.44 bits per heavy atom. The molecule has 0 bridgehead atoms. The fraction of sp³-hybridized carbons (Fsp3) is 0.156. The molecule has 0 radical (unpaired) electrons. The van der Waals surface area contributed by atoms with E-state index in [-0.39, 0.29) is 51.6 Å². The molecule has 1 N–H and O–H groups in total. The number of hydrogen-bond donors (Lipinski definition) is 1. The number of H-pyrrole nitrogens is 1. The van der Waals surface area contributed by atoms with Gasteiger partial charge < -0.3 is 14.1 Å². The predicted octanol–water partition coefficient (Wildman–Crippen LogP) is 5.72. The van der Waals surface area contributed by atoms with Crippen LogP contribution in [0.4, 0.5) is 14.5 Å². The second-order valence-electron chi connectivity index (χ2n) is 10.9. The van der Waals surface area contributed by atoms with E-state index in [2.05, 4.69) is 9.97 Å². The van der Waals surface area contributed by atoms with Gasteiger partial charge >= 0.3 is 0 Å². The maximum Gasteiger partial charge on any atom is 0.279 e. The van der Waals surface area contributed by atoms with Crippen molar-refractivity contribution in [1.29, 1.82) is 0 Å². The van der Waals surface area contributed by atoms with Crippen molar-refractivity contribution in [2.24, 2.45) is 0 Å². The standard InChI is InChI=1S/C32H24F2N4O6S/c1-16(17-4-6-18(33)7-5-17)38-15-43-26-11-10-23(35-29(26)32(38)40)21-13-22-27(14-25(21)37(2)45(3,41)42)44-30-20-9-8-19(34)12-24(20)36-31(39)28(22)30/h4-14,16H,15H2,1-3H3,(H,36,39). The lowest BCUT2D eigenvalue weighted by Crippen LogP contribution is -2.41. The summed E-state index contributed by atoms with van der Waals surface area (Å²) in [6.45, 7) is 1.73. The Morgan fingerprint density at radius 2 is 1.71 bits per heavy atom. The number of aromatic nitrogens is 2. The van der Waals surface area contributed by atoms with E-state index in [1.807, 2.05) is 0 Å². The highest BCUT2D eigenvalue weighted by molar-refractivity contribution is 7.92. The Labute approximate surface area is 254 Å². The number of ether oxygens (including phenoxy) is 1. The van der Waals surface area contributed by atoms with Crippen molar-refractivity contribution in [2.45, 2.75) is 13.0 Å². The molecule has 0 saturated carbocycles. The first kappa shape index (κ1) is 28.5. The molecule has 228 valence electrons. The second-order valence-corrected chi connectivity index (χ2v) is 12.9. The van der Waals surface area contributed by atoms with Gasteiger partial charge in [-0.3, -0.25) is 18.8 Å². The van der Waals surface area contributed by atoms with Gasteiger partial charge in [-0.25, -0.2) is 22.2 Å². The molecule has 0 fully saturated rings. The number of amides is 1. The first-order chi connectivity index (χ1) is 21.4. The summed E-state index contributed by atoms with van der Waals surface area (Å²) in [7, 11) is -2.42. The molecule has 45 heavy (non-hydrogen) atoms. The highest BCUT2D eigenvalue weighted by Crippen LogP contribution is 2.41. The Balaban J connectivity index is 1.41. The Morgan fingerprint density at radius 1 is 0.978 bits per heavy atom. The number of aromatic amines is 1. The Bertz CT molecular complexity index is 2370. The van der Waals surface area contributed by atoms with Crippen molar-refractivity contribution < 1.29 is 31.1 Å². The number of hydrogen-bond acceptors (Lipinski definition) is 7. The minimum atomic E-state index is -3.79. The summed E-state index contributed by atoms with van der Waals surface area (Å²) in [4.78, 5) is 35.7. The zero-order valence-electron chi connectivity index (χ0n) is 24.1. The third kappa shape index (κ3) is 4.67. The lowest BCUT2D eigenvalue weighted by atomic mass is 10.0. The maximum absolute atomic E-state index is 13.9. The quantitative estimate of drug-likeness (QED) is 0.258. The highest BCUT2D eigenvalue weighted by Gasteiger charge is 2.32. The highest BCUT2D eigenvalue weighted by atomic mass is 32.2. The van der Waals surface area contributed by atoms with Crippen LogP contribution in [0, 0.1) is 11.6 Å². The summed E-state index contributed by atoms with van der Waals surface area (Å²) in [6, 6.07) is 15.5. The van der Waals surface area contributed by atoms with E-state index >= 15 is 0 Å². The summed E-state index contributed by atoms with van der Waals surface area (Å²) in [5, 5.41) is 1.02. The molecule has 4 heterocycles. The van der Waals surface area contributed by atoms with Crippen LogP contribution in [-0.2, 0) is 10.0 Å². The van der Waals surface area contributed by atoms with Crippen molar-refractivity contribution >= 4 is 54.5 Å². The van der Waals surface area contributed by atoms with Crippen LogP contribution in [0.5, 0.6) is 5.75 Å². The lowest BCUT2D eigenvalue weighted by molar-refractivity contribution is 0.0394. The van der Waals surface area contributed by atoms with E-state index in [1.54, 1.807) is 37.3 Å². The number of anilines is 1. The average molecular weight is 631 g/mol. The summed E-state index contributed by atoms with van der Waals surface area (Å²) < 4.78 is 65.9. The van der Waals surface area contributed by atoms with Crippen molar-refractivity contribution in [3.8, 4) is 17.0 Å². The van der Waals surface area contributed by atoms with Crippen LogP contribution in [0.1, 0.15) is 29.0 Å². The number of sulfonamides is 1. The van der Waals surface area contributed by atoms with Gasteiger partial charge in [0.1, 0.15) is 22.8 Å². The van der Waals surface area contributed by atoms with Crippen LogP contribution in [0.2, 0.25) is 0 Å². The average Bonchev–Trinajstić information content (AvgIpc) is 3.39. The minimum absolute atomic E-state index is 0.00341. The lowest BCUT2D eigenvalue weighted by Gasteiger charge is -2.33. The number of benzene rings is 3. The molecule has 0 saturated heterocycles. The van der Waals surface area contributed by atoms with Crippen molar-refractivity contribution in [3.63, 3.8) is 0 Å². The number of rotatable bonds is 5. The van der Waals surface area contributed by atoms with E-state index in [1.165, 1.54) is 48.3 Å². The molecule has 3 aromatic heterocycles. The van der Waals surface area contributed by atoms with E-state index < -0.39 is 39.2 Å². The van der Waals surface area contributed by atoms with Gasteiger partial charge in [0.05, 0.1) is 34.6 Å². The number of fused-ring (bicyclic) bond motifs is 6. The summed E-state index contributed by atoms with van der Waals surface area (Å²) >= 11 is 0. The number of furan rings is 1.